The molecule has 2 aromatic carbocycles. The summed E-state index contributed by atoms with van der Waals surface area (Å²) in [6.07, 6.45) is 1.75. The maximum atomic E-state index is 12.2. The number of ether oxygens (including phenoxy) is 1. The summed E-state index contributed by atoms with van der Waals surface area (Å²) in [6.45, 7) is 2.41. The number of nitrogens with zero attached hydrogens (tertiary/aromatic N) is 1. The molecular weight excluding hydrogens is 350 g/mol. The Labute approximate surface area is 153 Å². The molecule has 0 aliphatic carbocycles. The molecule has 0 amide bonds. The van der Waals surface area contributed by atoms with E-state index >= 15 is 0 Å². The number of hydrogen-bond acceptors (Lipinski definition) is 5. The van der Waals surface area contributed by atoms with Gasteiger partial charge in [0.05, 0.1) is 19.2 Å². The molecule has 26 heavy (non-hydrogen) atoms. The first-order chi connectivity index (χ1) is 12.6. The Morgan fingerprint density at radius 1 is 1.23 bits per heavy atom. The molecule has 2 aromatic heterocycles. The van der Waals surface area contributed by atoms with Crippen molar-refractivity contribution in [1.29, 1.82) is 0 Å². The van der Waals surface area contributed by atoms with E-state index in [9.17, 15) is 9.59 Å². The molecule has 0 saturated heterocycles. The minimum Gasteiger partial charge on any atom is -0.464 e. The highest BCUT2D eigenvalue weighted by atomic mass is 32.1. The molecule has 4 rings (SSSR count). The second kappa shape index (κ2) is 6.80. The minimum absolute atomic E-state index is 0.0363. The molecule has 0 spiro atoms. The van der Waals surface area contributed by atoms with Crippen LogP contribution < -0.4 is 4.87 Å². The van der Waals surface area contributed by atoms with Crippen LogP contribution in [-0.2, 0) is 22.5 Å². The molecule has 0 saturated carbocycles. The van der Waals surface area contributed by atoms with Gasteiger partial charge in [-0.3, -0.25) is 14.2 Å². The van der Waals surface area contributed by atoms with Crippen LogP contribution in [0, 0.1) is 6.92 Å². The van der Waals surface area contributed by atoms with Crippen molar-refractivity contribution in [2.45, 2.75) is 19.9 Å². The van der Waals surface area contributed by atoms with Gasteiger partial charge < -0.3 is 9.15 Å². The average Bonchev–Trinajstić information content (AvgIpc) is 3.20. The lowest BCUT2D eigenvalue weighted by atomic mass is 10.0. The van der Waals surface area contributed by atoms with Gasteiger partial charge in [-0.15, -0.1) is 0 Å². The average molecular weight is 367 g/mol. The van der Waals surface area contributed by atoms with Crippen molar-refractivity contribution in [3.8, 4) is 0 Å². The van der Waals surface area contributed by atoms with Crippen LogP contribution in [0.25, 0.3) is 21.7 Å². The number of aryl methyl sites for hydroxylation is 1. The smallest absolute Gasteiger partial charge is 0.310 e. The summed E-state index contributed by atoms with van der Waals surface area (Å²) in [5.41, 5.74) is 2.45. The second-order valence-electron chi connectivity index (χ2n) is 6.11. The predicted octanol–water partition coefficient (Wildman–Crippen LogP) is 3.90. The molecule has 2 heterocycles. The zero-order valence-corrected chi connectivity index (χ0v) is 15.0. The van der Waals surface area contributed by atoms with E-state index in [2.05, 4.69) is 0 Å². The van der Waals surface area contributed by atoms with Crippen molar-refractivity contribution < 1.29 is 13.9 Å². The molecule has 5 nitrogen and oxygen atoms in total. The highest BCUT2D eigenvalue weighted by Gasteiger charge is 2.14. The lowest BCUT2D eigenvalue weighted by Gasteiger charge is -2.06. The summed E-state index contributed by atoms with van der Waals surface area (Å²) >= 11 is 1.15. The Bertz CT molecular complexity index is 1150. The first kappa shape index (κ1) is 16.6. The van der Waals surface area contributed by atoms with Crippen LogP contribution >= 0.6 is 11.3 Å². The van der Waals surface area contributed by atoms with Crippen molar-refractivity contribution in [2.75, 3.05) is 6.61 Å². The molecule has 0 aliphatic rings. The van der Waals surface area contributed by atoms with E-state index < -0.39 is 0 Å². The molecule has 0 radical (unpaired) electrons. The van der Waals surface area contributed by atoms with Gasteiger partial charge in [0, 0.05) is 22.0 Å². The van der Waals surface area contributed by atoms with E-state index in [4.69, 9.17) is 9.15 Å². The number of carbonyl (C=O) groups excluding carboxylic acids is 1. The monoisotopic (exact) mass is 367 g/mol. The second-order valence-corrected chi connectivity index (χ2v) is 6.93. The SMILES string of the molecule is Cc1csc(=O)n1CCOC(=O)Cc1coc2ccc3ccccc3c12. The zero-order chi connectivity index (χ0) is 18.1. The molecule has 0 bridgehead atoms. The summed E-state index contributed by atoms with van der Waals surface area (Å²) in [5, 5.41) is 4.91. The minimum atomic E-state index is -0.332. The number of carbonyl (C=O) groups is 1. The van der Waals surface area contributed by atoms with Gasteiger partial charge in [-0.1, -0.05) is 41.7 Å². The first-order valence-corrected chi connectivity index (χ1v) is 9.20. The third-order valence-corrected chi connectivity index (χ3v) is 5.31. The fraction of sp³-hybridized carbons (Fsp3) is 0.200. The predicted molar refractivity (Wildman–Crippen MR) is 102 cm³/mol. The summed E-state index contributed by atoms with van der Waals surface area (Å²) in [4.78, 5) is 23.9. The van der Waals surface area contributed by atoms with E-state index in [1.54, 1.807) is 16.2 Å². The lowest BCUT2D eigenvalue weighted by molar-refractivity contribution is -0.143. The van der Waals surface area contributed by atoms with E-state index in [0.29, 0.717) is 6.54 Å². The number of esters is 1. The molecular formula is C20H17NO4S. The summed E-state index contributed by atoms with van der Waals surface area (Å²) in [7, 11) is 0. The largest absolute Gasteiger partial charge is 0.464 e. The summed E-state index contributed by atoms with van der Waals surface area (Å²) in [6, 6.07) is 11.9. The van der Waals surface area contributed by atoms with Crippen LogP contribution in [0.3, 0.4) is 0 Å². The molecule has 0 aliphatic heterocycles. The van der Waals surface area contributed by atoms with E-state index in [1.807, 2.05) is 43.3 Å². The van der Waals surface area contributed by atoms with E-state index in [-0.39, 0.29) is 23.9 Å². The topological polar surface area (TPSA) is 61.4 Å². The van der Waals surface area contributed by atoms with Crippen molar-refractivity contribution in [2.24, 2.45) is 0 Å². The van der Waals surface area contributed by atoms with Crippen LogP contribution in [0.4, 0.5) is 0 Å². The fourth-order valence-electron chi connectivity index (χ4n) is 3.14. The van der Waals surface area contributed by atoms with E-state index in [0.717, 1.165) is 44.3 Å². The Hall–Kier alpha value is -2.86. The van der Waals surface area contributed by atoms with Crippen LogP contribution in [0.5, 0.6) is 0 Å². The number of fused-ring (bicyclic) bond motifs is 3. The van der Waals surface area contributed by atoms with Gasteiger partial charge in [-0.05, 0) is 23.8 Å². The Balaban J connectivity index is 1.49. The molecule has 0 unspecified atom stereocenters. The third-order valence-electron chi connectivity index (χ3n) is 4.43. The number of furan rings is 1. The van der Waals surface area contributed by atoms with Crippen LogP contribution in [0.2, 0.25) is 0 Å². The maximum Gasteiger partial charge on any atom is 0.310 e. The molecule has 0 fully saturated rings. The standard InChI is InChI=1S/C20H17NO4S/c1-13-12-26-20(23)21(13)8-9-24-18(22)10-15-11-25-17-7-6-14-4-2-3-5-16(14)19(15)17/h2-7,11-12H,8-10H2,1H3. The van der Waals surface area contributed by atoms with Gasteiger partial charge in [0.15, 0.2) is 0 Å². The van der Waals surface area contributed by atoms with E-state index in [1.165, 1.54) is 0 Å². The van der Waals surface area contributed by atoms with Crippen molar-refractivity contribution in [1.82, 2.24) is 4.57 Å². The van der Waals surface area contributed by atoms with Crippen LogP contribution in [-0.4, -0.2) is 17.1 Å². The highest BCUT2D eigenvalue weighted by molar-refractivity contribution is 7.07. The fourth-order valence-corrected chi connectivity index (χ4v) is 3.90. The molecule has 6 heteroatoms. The lowest BCUT2D eigenvalue weighted by Crippen LogP contribution is -2.20. The number of hydrogen-bond donors (Lipinski definition) is 0. The van der Waals surface area contributed by atoms with Gasteiger partial charge in [0.1, 0.15) is 12.2 Å². The van der Waals surface area contributed by atoms with Crippen molar-refractivity contribution in [3.63, 3.8) is 0 Å². The summed E-state index contributed by atoms with van der Waals surface area (Å²) in [5.74, 6) is -0.332. The van der Waals surface area contributed by atoms with Crippen molar-refractivity contribution in [3.05, 3.63) is 69.0 Å². The maximum absolute atomic E-state index is 12.2. The number of thiazole rings is 1. The zero-order valence-electron chi connectivity index (χ0n) is 14.2. The van der Waals surface area contributed by atoms with Gasteiger partial charge in [0.25, 0.3) is 0 Å². The quantitative estimate of drug-likeness (QED) is 0.502. The number of rotatable bonds is 5. The Kier molecular flexibility index (Phi) is 4.34. The third kappa shape index (κ3) is 3.04. The number of aromatic nitrogens is 1. The Morgan fingerprint density at radius 2 is 2.08 bits per heavy atom. The number of benzene rings is 2. The normalized spacial score (nSPS) is 11.3. The van der Waals surface area contributed by atoms with Gasteiger partial charge in [0.2, 0.25) is 0 Å². The molecule has 132 valence electrons. The summed E-state index contributed by atoms with van der Waals surface area (Å²) < 4.78 is 12.5. The van der Waals surface area contributed by atoms with Gasteiger partial charge >= 0.3 is 10.8 Å². The molecule has 0 atom stereocenters. The molecule has 0 N–H and O–H groups in total. The van der Waals surface area contributed by atoms with Crippen LogP contribution in [0.15, 0.2) is 57.3 Å². The van der Waals surface area contributed by atoms with Gasteiger partial charge in [-0.25, -0.2) is 0 Å². The Morgan fingerprint density at radius 3 is 2.88 bits per heavy atom. The highest BCUT2D eigenvalue weighted by Crippen LogP contribution is 2.30. The van der Waals surface area contributed by atoms with Crippen LogP contribution in [0.1, 0.15) is 11.3 Å². The van der Waals surface area contributed by atoms with Gasteiger partial charge in [-0.2, -0.15) is 0 Å². The van der Waals surface area contributed by atoms with Crippen molar-refractivity contribution >= 4 is 39.0 Å². The first-order valence-electron chi connectivity index (χ1n) is 8.32. The molecule has 4 aromatic rings.